The van der Waals surface area contributed by atoms with Crippen molar-refractivity contribution in [2.24, 2.45) is 0 Å². The van der Waals surface area contributed by atoms with Gasteiger partial charge in [0.15, 0.2) is 0 Å². The summed E-state index contributed by atoms with van der Waals surface area (Å²) < 4.78 is 14.1. The Balaban J connectivity index is 1.73. The smallest absolute Gasteiger partial charge is 0.270 e. The minimum absolute atomic E-state index is 0.000951. The molecule has 1 saturated heterocycles. The van der Waals surface area contributed by atoms with Gasteiger partial charge in [-0.2, -0.15) is 0 Å². The largest absolute Gasteiger partial charge is 0.349 e. The van der Waals surface area contributed by atoms with Crippen molar-refractivity contribution < 1.29 is 14.1 Å². The second-order valence-electron chi connectivity index (χ2n) is 7.80. The predicted molar refractivity (Wildman–Crippen MR) is 120 cm³/mol. The molecule has 1 N–H and O–H groups in total. The fourth-order valence-electron chi connectivity index (χ4n) is 3.38. The van der Waals surface area contributed by atoms with Crippen molar-refractivity contribution in [3.8, 4) is 0 Å². The molecule has 0 aromatic heterocycles. The summed E-state index contributed by atoms with van der Waals surface area (Å²) in [5.41, 5.74) is 1.30. The molecule has 0 atom stereocenters. The van der Waals surface area contributed by atoms with Crippen molar-refractivity contribution in [1.29, 1.82) is 0 Å². The number of nitrogens with one attached hydrogen (secondary N) is 1. The van der Waals surface area contributed by atoms with Gasteiger partial charge in [0.1, 0.15) is 5.82 Å². The van der Waals surface area contributed by atoms with E-state index in [1.165, 1.54) is 29.8 Å². The molecule has 1 aliphatic rings. The second-order valence-corrected chi connectivity index (χ2v) is 8.88. The van der Waals surface area contributed by atoms with Crippen LogP contribution in [0.15, 0.2) is 63.9 Å². The zero-order chi connectivity index (χ0) is 22.4. The summed E-state index contributed by atoms with van der Waals surface area (Å²) in [7, 11) is 0. The zero-order valence-corrected chi connectivity index (χ0v) is 18.5. The molecule has 1 fully saturated rings. The van der Waals surface area contributed by atoms with Crippen molar-refractivity contribution in [2.75, 3.05) is 19.6 Å². The fraction of sp³-hybridized carbons (Fsp3) is 0.348. The van der Waals surface area contributed by atoms with E-state index in [9.17, 15) is 19.3 Å². The molecule has 0 aliphatic carbocycles. The summed E-state index contributed by atoms with van der Waals surface area (Å²) in [6.07, 6.45) is 3.81. The molecule has 1 amide bonds. The number of amides is 1. The van der Waals surface area contributed by atoms with Crippen LogP contribution in [0.4, 0.5) is 10.1 Å². The second kappa shape index (κ2) is 10.5. The van der Waals surface area contributed by atoms with Crippen LogP contribution in [0.25, 0.3) is 0 Å². The van der Waals surface area contributed by atoms with E-state index in [1.54, 1.807) is 18.2 Å². The number of benzene rings is 2. The SMILES string of the molecule is CC(C)=CCN1CCC(NC(=O)c2cc([N+](=O)[O-])ccc2Sc2ccccc2F)CC1. The summed E-state index contributed by atoms with van der Waals surface area (Å²) >= 11 is 1.09. The van der Waals surface area contributed by atoms with Gasteiger partial charge in [0.25, 0.3) is 11.6 Å². The van der Waals surface area contributed by atoms with Crippen LogP contribution >= 0.6 is 11.8 Å². The van der Waals surface area contributed by atoms with Crippen molar-refractivity contribution in [1.82, 2.24) is 10.2 Å². The average Bonchev–Trinajstić information content (AvgIpc) is 2.75. The highest BCUT2D eigenvalue weighted by Crippen LogP contribution is 2.34. The maximum atomic E-state index is 14.1. The monoisotopic (exact) mass is 443 g/mol. The van der Waals surface area contributed by atoms with Gasteiger partial charge < -0.3 is 5.32 Å². The van der Waals surface area contributed by atoms with Gasteiger partial charge >= 0.3 is 0 Å². The Morgan fingerprint density at radius 2 is 1.94 bits per heavy atom. The van der Waals surface area contributed by atoms with Crippen LogP contribution in [0.1, 0.15) is 37.0 Å². The van der Waals surface area contributed by atoms with Gasteiger partial charge in [-0.15, -0.1) is 0 Å². The highest BCUT2D eigenvalue weighted by Gasteiger charge is 2.24. The van der Waals surface area contributed by atoms with Crippen LogP contribution < -0.4 is 5.32 Å². The van der Waals surface area contributed by atoms with Crippen LogP contribution in [-0.2, 0) is 0 Å². The number of nitrogens with zero attached hydrogens (tertiary/aromatic N) is 2. The maximum absolute atomic E-state index is 14.1. The van der Waals surface area contributed by atoms with E-state index in [2.05, 4.69) is 30.1 Å². The number of carbonyl (C=O) groups is 1. The first-order valence-corrected chi connectivity index (χ1v) is 11.0. The summed E-state index contributed by atoms with van der Waals surface area (Å²) in [6, 6.07) is 10.4. The molecule has 0 saturated carbocycles. The van der Waals surface area contributed by atoms with E-state index in [1.807, 2.05) is 0 Å². The Hall–Kier alpha value is -2.71. The molecule has 0 radical (unpaired) electrons. The lowest BCUT2D eigenvalue weighted by Crippen LogP contribution is -2.44. The molecule has 2 aromatic carbocycles. The Morgan fingerprint density at radius 1 is 1.23 bits per heavy atom. The van der Waals surface area contributed by atoms with E-state index in [0.29, 0.717) is 9.79 Å². The number of nitro benzene ring substituents is 1. The number of carbonyl (C=O) groups excluding carboxylic acids is 1. The van der Waals surface area contributed by atoms with E-state index >= 15 is 0 Å². The van der Waals surface area contributed by atoms with Crippen molar-refractivity contribution in [3.05, 3.63) is 75.6 Å². The molecule has 3 rings (SSSR count). The van der Waals surface area contributed by atoms with E-state index in [4.69, 9.17) is 0 Å². The third-order valence-electron chi connectivity index (χ3n) is 5.16. The van der Waals surface area contributed by atoms with Crippen LogP contribution in [0.3, 0.4) is 0 Å². The molecule has 164 valence electrons. The number of hydrogen-bond donors (Lipinski definition) is 1. The first kappa shape index (κ1) is 23.0. The van der Waals surface area contributed by atoms with Gasteiger partial charge in [-0.25, -0.2) is 4.39 Å². The van der Waals surface area contributed by atoms with Gasteiger partial charge in [-0.1, -0.05) is 35.5 Å². The molecule has 0 bridgehead atoms. The quantitative estimate of drug-likeness (QED) is 0.368. The lowest BCUT2D eigenvalue weighted by atomic mass is 10.0. The Morgan fingerprint density at radius 3 is 2.58 bits per heavy atom. The van der Waals surface area contributed by atoms with Crippen LogP contribution in [0, 0.1) is 15.9 Å². The van der Waals surface area contributed by atoms with Crippen molar-refractivity contribution >= 4 is 23.4 Å². The molecular formula is C23H26FN3O3S. The highest BCUT2D eigenvalue weighted by molar-refractivity contribution is 7.99. The Bertz CT molecular complexity index is 984. The van der Waals surface area contributed by atoms with Crippen LogP contribution in [-0.4, -0.2) is 41.4 Å². The summed E-state index contributed by atoms with van der Waals surface area (Å²) in [6.45, 7) is 6.80. The number of halogens is 1. The first-order valence-electron chi connectivity index (χ1n) is 10.2. The van der Waals surface area contributed by atoms with Gasteiger partial charge in [-0.05, 0) is 44.9 Å². The molecule has 2 aromatic rings. The third kappa shape index (κ3) is 6.38. The third-order valence-corrected chi connectivity index (χ3v) is 6.28. The minimum atomic E-state index is -0.532. The number of allylic oxidation sites excluding steroid dienone is 1. The van der Waals surface area contributed by atoms with E-state index in [0.717, 1.165) is 44.2 Å². The lowest BCUT2D eigenvalue weighted by molar-refractivity contribution is -0.384. The summed E-state index contributed by atoms with van der Waals surface area (Å²) in [5, 5.41) is 14.2. The number of piperidine rings is 1. The molecule has 0 spiro atoms. The number of rotatable bonds is 7. The van der Waals surface area contributed by atoms with Gasteiger partial charge in [0.05, 0.1) is 10.5 Å². The standard InChI is InChI=1S/C23H26FN3O3S/c1-16(2)9-12-26-13-10-17(11-14-26)25-23(28)19-15-18(27(29)30)7-8-21(19)31-22-6-4-3-5-20(22)24/h3-9,15,17H,10-14H2,1-2H3,(H,25,28). The Labute approximate surface area is 185 Å². The number of likely N-dealkylation sites (tertiary alicyclic amines) is 1. The molecule has 1 aliphatic heterocycles. The van der Waals surface area contributed by atoms with Crippen LogP contribution in [0.5, 0.6) is 0 Å². The fourth-order valence-corrected chi connectivity index (χ4v) is 4.33. The number of hydrogen-bond acceptors (Lipinski definition) is 5. The molecule has 8 heteroatoms. The maximum Gasteiger partial charge on any atom is 0.270 e. The van der Waals surface area contributed by atoms with Crippen molar-refractivity contribution in [3.63, 3.8) is 0 Å². The summed E-state index contributed by atoms with van der Waals surface area (Å²) in [4.78, 5) is 26.9. The number of non-ortho nitro benzene ring substituents is 1. The Kier molecular flexibility index (Phi) is 7.81. The molecule has 1 heterocycles. The number of nitro groups is 1. The van der Waals surface area contributed by atoms with Crippen molar-refractivity contribution in [2.45, 2.75) is 42.5 Å². The highest BCUT2D eigenvalue weighted by atomic mass is 32.2. The lowest BCUT2D eigenvalue weighted by Gasteiger charge is -2.31. The predicted octanol–water partition coefficient (Wildman–Crippen LogP) is 5.05. The molecule has 0 unspecified atom stereocenters. The van der Waals surface area contributed by atoms with Gasteiger partial charge in [0.2, 0.25) is 0 Å². The molecule has 31 heavy (non-hydrogen) atoms. The van der Waals surface area contributed by atoms with E-state index in [-0.39, 0.29) is 23.2 Å². The molecule has 6 nitrogen and oxygen atoms in total. The average molecular weight is 444 g/mol. The van der Waals surface area contributed by atoms with Crippen LogP contribution in [0.2, 0.25) is 0 Å². The normalized spacial score (nSPS) is 14.8. The minimum Gasteiger partial charge on any atom is -0.349 e. The first-order chi connectivity index (χ1) is 14.8. The van der Waals surface area contributed by atoms with Gasteiger partial charge in [-0.3, -0.25) is 19.8 Å². The van der Waals surface area contributed by atoms with Gasteiger partial charge in [0, 0.05) is 47.6 Å². The topological polar surface area (TPSA) is 75.5 Å². The van der Waals surface area contributed by atoms with E-state index < -0.39 is 10.7 Å². The summed E-state index contributed by atoms with van der Waals surface area (Å²) in [5.74, 6) is -0.772. The zero-order valence-electron chi connectivity index (χ0n) is 17.6. The molecular weight excluding hydrogens is 417 g/mol.